The number of pyridine rings is 1. The highest BCUT2D eigenvalue weighted by Gasteiger charge is 2.25. The Kier molecular flexibility index (Phi) is 4.83. The van der Waals surface area contributed by atoms with Gasteiger partial charge in [0, 0.05) is 6.54 Å². The molecule has 6 nitrogen and oxygen atoms in total. The summed E-state index contributed by atoms with van der Waals surface area (Å²) >= 11 is 0. The second-order valence-electron chi connectivity index (χ2n) is 5.33. The molecule has 1 heterocycles. The number of hydrogen-bond donors (Lipinski definition) is 3. The molecule has 1 atom stereocenters. The number of amides is 1. The predicted octanol–water partition coefficient (Wildman–Crippen LogP) is 1.23. The summed E-state index contributed by atoms with van der Waals surface area (Å²) in [6, 6.07) is 2.70. The van der Waals surface area contributed by atoms with Gasteiger partial charge in [0.05, 0.1) is 16.9 Å². The lowest BCUT2D eigenvalue weighted by Gasteiger charge is -2.27. The van der Waals surface area contributed by atoms with Gasteiger partial charge in [-0.25, -0.2) is 9.78 Å². The van der Waals surface area contributed by atoms with E-state index in [-0.39, 0.29) is 29.4 Å². The van der Waals surface area contributed by atoms with Gasteiger partial charge in [0.25, 0.3) is 5.91 Å². The van der Waals surface area contributed by atoms with Crippen molar-refractivity contribution in [3.05, 3.63) is 29.1 Å². The second-order valence-corrected chi connectivity index (χ2v) is 5.33. The number of carboxylic acid groups (broad SMARTS) is 1. The number of carbonyl (C=O) groups excluding carboxylic acids is 1. The van der Waals surface area contributed by atoms with E-state index in [4.69, 9.17) is 5.11 Å². The van der Waals surface area contributed by atoms with Gasteiger partial charge >= 0.3 is 5.97 Å². The summed E-state index contributed by atoms with van der Waals surface area (Å²) in [5.74, 6) is -1.53. The average Bonchev–Trinajstić information content (AvgIpc) is 2.35. The molecule has 0 spiro atoms. The van der Waals surface area contributed by atoms with E-state index >= 15 is 0 Å². The lowest BCUT2D eigenvalue weighted by Crippen LogP contribution is -2.44. The fourth-order valence-corrected chi connectivity index (χ4v) is 1.47. The van der Waals surface area contributed by atoms with Gasteiger partial charge in [0.15, 0.2) is 0 Å². The molecule has 20 heavy (non-hydrogen) atoms. The number of aromatic nitrogens is 1. The van der Waals surface area contributed by atoms with Gasteiger partial charge in [-0.1, -0.05) is 13.8 Å². The van der Waals surface area contributed by atoms with Crippen LogP contribution in [-0.4, -0.2) is 39.2 Å². The van der Waals surface area contributed by atoms with E-state index in [2.05, 4.69) is 10.3 Å². The van der Waals surface area contributed by atoms with Crippen molar-refractivity contribution in [2.45, 2.75) is 33.3 Å². The van der Waals surface area contributed by atoms with Crippen molar-refractivity contribution in [1.82, 2.24) is 10.3 Å². The summed E-state index contributed by atoms with van der Waals surface area (Å²) in [5, 5.41) is 21.5. The summed E-state index contributed by atoms with van der Waals surface area (Å²) < 4.78 is 0. The van der Waals surface area contributed by atoms with Gasteiger partial charge in [0.2, 0.25) is 0 Å². The molecule has 0 fully saturated rings. The van der Waals surface area contributed by atoms with Crippen LogP contribution in [0.25, 0.3) is 0 Å². The van der Waals surface area contributed by atoms with Gasteiger partial charge in [-0.2, -0.15) is 0 Å². The third kappa shape index (κ3) is 3.77. The fourth-order valence-electron chi connectivity index (χ4n) is 1.47. The van der Waals surface area contributed by atoms with Gasteiger partial charge in [-0.05, 0) is 31.9 Å². The summed E-state index contributed by atoms with van der Waals surface area (Å²) in [4.78, 5) is 26.7. The maximum absolute atomic E-state index is 11.9. The fraction of sp³-hybridized carbons (Fsp3) is 0.500. The third-order valence-corrected chi connectivity index (χ3v) is 3.40. The molecule has 3 N–H and O–H groups in total. The lowest BCUT2D eigenvalue weighted by atomic mass is 9.92. The molecule has 0 aliphatic rings. The smallest absolute Gasteiger partial charge is 0.337 e. The molecule has 0 bridgehead atoms. The van der Waals surface area contributed by atoms with Crippen LogP contribution < -0.4 is 5.32 Å². The van der Waals surface area contributed by atoms with E-state index in [1.165, 1.54) is 19.1 Å². The molecular formula is C14H20N2O4. The average molecular weight is 280 g/mol. The predicted molar refractivity (Wildman–Crippen MR) is 73.7 cm³/mol. The number of nitrogens with zero attached hydrogens (tertiary/aromatic N) is 1. The Morgan fingerprint density at radius 1 is 1.40 bits per heavy atom. The van der Waals surface area contributed by atoms with Crippen LogP contribution in [0.15, 0.2) is 12.1 Å². The molecule has 0 radical (unpaired) electrons. The summed E-state index contributed by atoms with van der Waals surface area (Å²) in [6.45, 7) is 6.99. The minimum absolute atomic E-state index is 0.00752. The quantitative estimate of drug-likeness (QED) is 0.753. The lowest BCUT2D eigenvalue weighted by molar-refractivity contribution is 0.0142. The highest BCUT2D eigenvalue weighted by molar-refractivity contribution is 5.94. The number of nitrogens with one attached hydrogen (secondary N) is 1. The van der Waals surface area contributed by atoms with Crippen LogP contribution >= 0.6 is 0 Å². The Hall–Kier alpha value is -1.95. The van der Waals surface area contributed by atoms with Crippen molar-refractivity contribution in [1.29, 1.82) is 0 Å². The van der Waals surface area contributed by atoms with Crippen molar-refractivity contribution in [2.24, 2.45) is 5.92 Å². The van der Waals surface area contributed by atoms with Gasteiger partial charge in [-0.15, -0.1) is 0 Å². The van der Waals surface area contributed by atoms with Gasteiger partial charge in [-0.3, -0.25) is 4.79 Å². The first-order valence-corrected chi connectivity index (χ1v) is 6.36. The van der Waals surface area contributed by atoms with E-state index in [0.717, 1.165) is 0 Å². The first-order chi connectivity index (χ1) is 9.15. The molecular weight excluding hydrogens is 260 g/mol. The van der Waals surface area contributed by atoms with E-state index < -0.39 is 17.5 Å². The van der Waals surface area contributed by atoms with Gasteiger partial charge < -0.3 is 15.5 Å². The van der Waals surface area contributed by atoms with Crippen molar-refractivity contribution < 1.29 is 19.8 Å². The van der Waals surface area contributed by atoms with Crippen molar-refractivity contribution >= 4 is 11.9 Å². The molecule has 6 heteroatoms. The van der Waals surface area contributed by atoms with Crippen LogP contribution in [0, 0.1) is 12.8 Å². The van der Waals surface area contributed by atoms with Crippen LogP contribution in [0.2, 0.25) is 0 Å². The molecule has 0 saturated carbocycles. The van der Waals surface area contributed by atoms with Crippen LogP contribution in [0.4, 0.5) is 0 Å². The third-order valence-electron chi connectivity index (χ3n) is 3.40. The minimum Gasteiger partial charge on any atom is -0.478 e. The number of carboxylic acids is 1. The number of carbonyl (C=O) groups is 2. The molecule has 1 aromatic rings. The first kappa shape index (κ1) is 16.1. The Morgan fingerprint density at radius 2 is 2.00 bits per heavy atom. The zero-order valence-electron chi connectivity index (χ0n) is 12.1. The van der Waals surface area contributed by atoms with Crippen LogP contribution in [-0.2, 0) is 0 Å². The Balaban J connectivity index is 2.79. The molecule has 110 valence electrons. The zero-order chi connectivity index (χ0) is 15.5. The van der Waals surface area contributed by atoms with E-state index in [1.54, 1.807) is 6.92 Å². The van der Waals surface area contributed by atoms with Crippen LogP contribution in [0.3, 0.4) is 0 Å². The normalized spacial score (nSPS) is 13.9. The molecule has 1 amide bonds. The van der Waals surface area contributed by atoms with Crippen LogP contribution in [0.5, 0.6) is 0 Å². The molecule has 1 aromatic heterocycles. The number of aromatic carboxylic acids is 1. The zero-order valence-corrected chi connectivity index (χ0v) is 12.1. The monoisotopic (exact) mass is 280 g/mol. The molecule has 0 aliphatic heterocycles. The van der Waals surface area contributed by atoms with E-state index in [0.29, 0.717) is 0 Å². The van der Waals surface area contributed by atoms with Crippen molar-refractivity contribution in [3.63, 3.8) is 0 Å². The SMILES string of the molecule is Cc1nc(C(=O)NCC(C)(O)C(C)C)ccc1C(=O)O. The highest BCUT2D eigenvalue weighted by atomic mass is 16.4. The second kappa shape index (κ2) is 6.00. The Labute approximate surface area is 117 Å². The maximum Gasteiger partial charge on any atom is 0.337 e. The molecule has 0 aliphatic carbocycles. The molecule has 1 rings (SSSR count). The standard InChI is InChI=1S/C14H20N2O4/c1-8(2)14(4,20)7-15-12(17)11-6-5-10(13(18)19)9(3)16-11/h5-6,8,20H,7H2,1-4H3,(H,15,17)(H,18,19). The van der Waals surface area contributed by atoms with E-state index in [1.807, 2.05) is 13.8 Å². The number of aryl methyl sites for hydroxylation is 1. The minimum atomic E-state index is -1.08. The Bertz CT molecular complexity index is 524. The highest BCUT2D eigenvalue weighted by Crippen LogP contribution is 2.14. The summed E-state index contributed by atoms with van der Waals surface area (Å²) in [7, 11) is 0. The number of aliphatic hydroxyl groups is 1. The van der Waals surface area contributed by atoms with Crippen molar-refractivity contribution in [3.8, 4) is 0 Å². The molecule has 0 saturated heterocycles. The first-order valence-electron chi connectivity index (χ1n) is 6.36. The van der Waals surface area contributed by atoms with Crippen molar-refractivity contribution in [2.75, 3.05) is 6.54 Å². The maximum atomic E-state index is 11.9. The summed E-state index contributed by atoms with van der Waals surface area (Å²) in [6.07, 6.45) is 0. The number of rotatable bonds is 5. The molecule has 0 aromatic carbocycles. The largest absolute Gasteiger partial charge is 0.478 e. The number of hydrogen-bond acceptors (Lipinski definition) is 4. The Morgan fingerprint density at radius 3 is 2.45 bits per heavy atom. The van der Waals surface area contributed by atoms with E-state index in [9.17, 15) is 14.7 Å². The molecule has 1 unspecified atom stereocenters. The summed E-state index contributed by atoms with van der Waals surface area (Å²) in [5.41, 5.74) is -0.533. The van der Waals surface area contributed by atoms with Gasteiger partial charge in [0.1, 0.15) is 5.69 Å². The topological polar surface area (TPSA) is 99.5 Å². The van der Waals surface area contributed by atoms with Crippen LogP contribution in [0.1, 0.15) is 47.3 Å².